The fourth-order valence-corrected chi connectivity index (χ4v) is 4.31. The van der Waals surface area contributed by atoms with Gasteiger partial charge in [0.15, 0.2) is 9.84 Å². The highest BCUT2D eigenvalue weighted by Gasteiger charge is 2.32. The Hall–Kier alpha value is -0.750. The molecule has 6 heteroatoms. The minimum atomic E-state index is -3.04. The van der Waals surface area contributed by atoms with Gasteiger partial charge in [-0.3, -0.25) is 4.79 Å². The zero-order valence-corrected chi connectivity index (χ0v) is 11.9. The second-order valence-electron chi connectivity index (χ2n) is 4.48. The maximum absolute atomic E-state index is 12.9. The fourth-order valence-electron chi connectivity index (χ4n) is 2.05. The van der Waals surface area contributed by atoms with E-state index in [4.69, 9.17) is 0 Å². The van der Waals surface area contributed by atoms with Crippen LogP contribution < -0.4 is 0 Å². The van der Waals surface area contributed by atoms with Crippen molar-refractivity contribution in [3.63, 3.8) is 0 Å². The van der Waals surface area contributed by atoms with E-state index >= 15 is 0 Å². The average Bonchev–Trinajstić information content (AvgIpc) is 2.63. The molecule has 0 aliphatic carbocycles. The Labute approximate surface area is 113 Å². The third-order valence-corrected chi connectivity index (χ3v) is 5.57. The van der Waals surface area contributed by atoms with E-state index in [1.807, 2.05) is 0 Å². The van der Waals surface area contributed by atoms with Gasteiger partial charge in [-0.1, -0.05) is 22.0 Å². The number of hydrogen-bond acceptors (Lipinski definition) is 3. The molecule has 1 aliphatic heterocycles. The highest BCUT2D eigenvalue weighted by molar-refractivity contribution is 9.10. The summed E-state index contributed by atoms with van der Waals surface area (Å²) in [5.41, 5.74) is 0.686. The molecule has 1 aromatic carbocycles. The maximum atomic E-state index is 12.9. The first-order valence-corrected chi connectivity index (χ1v) is 8.16. The summed E-state index contributed by atoms with van der Waals surface area (Å²) in [5.74, 6) is -0.838. The van der Waals surface area contributed by atoms with Crippen molar-refractivity contribution >= 4 is 31.6 Å². The molecule has 1 atom stereocenters. The van der Waals surface area contributed by atoms with Crippen LogP contribution in [0.2, 0.25) is 0 Å². The van der Waals surface area contributed by atoms with E-state index in [1.165, 1.54) is 12.1 Å². The Bertz CT molecular complexity index is 583. The van der Waals surface area contributed by atoms with Crippen LogP contribution in [-0.2, 0) is 21.1 Å². The van der Waals surface area contributed by atoms with Gasteiger partial charge in [0.05, 0.1) is 11.5 Å². The third-order valence-electron chi connectivity index (χ3n) is 3.07. The van der Waals surface area contributed by atoms with Crippen LogP contribution in [0.1, 0.15) is 12.0 Å². The number of benzene rings is 1. The lowest BCUT2D eigenvalue weighted by molar-refractivity contribution is -0.121. The number of Topliss-reactive ketones (excluding diaryl/α,β-unsaturated/α-hetero) is 1. The molecule has 1 fully saturated rings. The first kappa shape index (κ1) is 13.7. The summed E-state index contributed by atoms with van der Waals surface area (Å²) >= 11 is 3.20. The first-order chi connectivity index (χ1) is 8.37. The second kappa shape index (κ2) is 5.09. The van der Waals surface area contributed by atoms with Gasteiger partial charge in [-0.25, -0.2) is 12.8 Å². The van der Waals surface area contributed by atoms with Crippen molar-refractivity contribution < 1.29 is 17.6 Å². The summed E-state index contributed by atoms with van der Waals surface area (Å²) in [7, 11) is -3.04. The molecule has 1 heterocycles. The molecule has 0 saturated carbocycles. The van der Waals surface area contributed by atoms with Crippen molar-refractivity contribution in [1.82, 2.24) is 0 Å². The van der Waals surface area contributed by atoms with E-state index in [2.05, 4.69) is 15.9 Å². The molecule has 1 unspecified atom stereocenters. The highest BCUT2D eigenvalue weighted by atomic mass is 79.9. The fraction of sp³-hybridized carbons (Fsp3) is 0.417. The van der Waals surface area contributed by atoms with E-state index in [9.17, 15) is 17.6 Å². The van der Waals surface area contributed by atoms with E-state index in [1.54, 1.807) is 6.07 Å². The molecule has 0 N–H and O–H groups in total. The lowest BCUT2D eigenvalue weighted by Crippen LogP contribution is -2.18. The van der Waals surface area contributed by atoms with Crippen LogP contribution in [0, 0.1) is 11.7 Å². The van der Waals surface area contributed by atoms with E-state index in [-0.39, 0.29) is 29.5 Å². The molecule has 1 aliphatic rings. The van der Waals surface area contributed by atoms with Gasteiger partial charge in [0, 0.05) is 16.8 Å². The van der Waals surface area contributed by atoms with Crippen LogP contribution in [0.5, 0.6) is 0 Å². The van der Waals surface area contributed by atoms with Gasteiger partial charge in [-0.05, 0) is 24.1 Å². The minimum absolute atomic E-state index is 0.0509. The Morgan fingerprint density at radius 2 is 2.17 bits per heavy atom. The number of halogens is 2. The van der Waals surface area contributed by atoms with Crippen molar-refractivity contribution in [2.75, 3.05) is 11.5 Å². The minimum Gasteiger partial charge on any atom is -0.299 e. The third kappa shape index (κ3) is 3.17. The molecule has 18 heavy (non-hydrogen) atoms. The Kier molecular flexibility index (Phi) is 3.87. The zero-order chi connectivity index (χ0) is 13.3. The summed E-state index contributed by atoms with van der Waals surface area (Å²) in [4.78, 5) is 12.0. The molecule has 0 bridgehead atoms. The number of sulfone groups is 1. The number of hydrogen-bond donors (Lipinski definition) is 0. The van der Waals surface area contributed by atoms with E-state index in [0.29, 0.717) is 16.5 Å². The molecule has 98 valence electrons. The van der Waals surface area contributed by atoms with E-state index < -0.39 is 15.8 Å². The summed E-state index contributed by atoms with van der Waals surface area (Å²) in [6.45, 7) is 0. The predicted molar refractivity (Wildman–Crippen MR) is 69.6 cm³/mol. The Morgan fingerprint density at radius 1 is 1.44 bits per heavy atom. The normalized spacial score (nSPS) is 22.0. The van der Waals surface area contributed by atoms with E-state index in [0.717, 1.165) is 0 Å². The van der Waals surface area contributed by atoms with Gasteiger partial charge in [0.25, 0.3) is 0 Å². The number of ketones is 1. The Morgan fingerprint density at radius 3 is 2.72 bits per heavy atom. The molecule has 1 aromatic rings. The lowest BCUT2D eigenvalue weighted by atomic mass is 9.97. The van der Waals surface area contributed by atoms with Gasteiger partial charge in [0.1, 0.15) is 11.6 Å². The average molecular weight is 335 g/mol. The van der Waals surface area contributed by atoms with Gasteiger partial charge in [-0.15, -0.1) is 0 Å². The molecule has 0 aromatic heterocycles. The van der Waals surface area contributed by atoms with Crippen molar-refractivity contribution in [3.05, 3.63) is 34.1 Å². The lowest BCUT2D eigenvalue weighted by Gasteiger charge is -2.08. The molecule has 0 spiro atoms. The van der Waals surface area contributed by atoms with Crippen molar-refractivity contribution in [3.8, 4) is 0 Å². The van der Waals surface area contributed by atoms with Crippen LogP contribution in [0.4, 0.5) is 4.39 Å². The number of rotatable bonds is 3. The number of carbonyl (C=O) groups excluding carboxylic acids is 1. The predicted octanol–water partition coefficient (Wildman–Crippen LogP) is 2.13. The molecule has 0 amide bonds. The molecular formula is C12H12BrFO3S. The van der Waals surface area contributed by atoms with Crippen molar-refractivity contribution in [1.29, 1.82) is 0 Å². The summed E-state index contributed by atoms with van der Waals surface area (Å²) in [6, 6.07) is 4.13. The smallest absolute Gasteiger partial charge is 0.151 e. The molecule has 1 saturated heterocycles. The van der Waals surface area contributed by atoms with Crippen LogP contribution in [0.3, 0.4) is 0 Å². The monoisotopic (exact) mass is 334 g/mol. The van der Waals surface area contributed by atoms with Crippen molar-refractivity contribution in [2.45, 2.75) is 12.8 Å². The summed E-state index contributed by atoms with van der Waals surface area (Å²) in [5, 5.41) is 0. The maximum Gasteiger partial charge on any atom is 0.151 e. The SMILES string of the molecule is O=C(Cc1ccc(F)cc1Br)C1CCS(=O)(=O)C1. The van der Waals surface area contributed by atoms with Crippen LogP contribution in [-0.4, -0.2) is 25.7 Å². The summed E-state index contributed by atoms with van der Waals surface area (Å²) < 4.78 is 36.0. The van der Waals surface area contributed by atoms with Gasteiger partial charge < -0.3 is 0 Å². The van der Waals surface area contributed by atoms with Gasteiger partial charge >= 0.3 is 0 Å². The van der Waals surface area contributed by atoms with Gasteiger partial charge in [-0.2, -0.15) is 0 Å². The van der Waals surface area contributed by atoms with Crippen LogP contribution in [0.15, 0.2) is 22.7 Å². The molecule has 2 rings (SSSR count). The Balaban J connectivity index is 2.08. The zero-order valence-electron chi connectivity index (χ0n) is 9.53. The first-order valence-electron chi connectivity index (χ1n) is 5.54. The van der Waals surface area contributed by atoms with Crippen LogP contribution in [0.25, 0.3) is 0 Å². The number of carbonyl (C=O) groups is 1. The highest BCUT2D eigenvalue weighted by Crippen LogP contribution is 2.24. The topological polar surface area (TPSA) is 51.2 Å². The van der Waals surface area contributed by atoms with Gasteiger partial charge in [0.2, 0.25) is 0 Å². The standard InChI is InChI=1S/C12H12BrFO3S/c13-11-6-10(14)2-1-8(11)5-12(15)9-3-4-18(16,17)7-9/h1-2,6,9H,3-5,7H2. The summed E-state index contributed by atoms with van der Waals surface area (Å²) in [6.07, 6.45) is 0.543. The van der Waals surface area contributed by atoms with Crippen LogP contribution >= 0.6 is 15.9 Å². The largest absolute Gasteiger partial charge is 0.299 e. The second-order valence-corrected chi connectivity index (χ2v) is 7.56. The molecule has 0 radical (unpaired) electrons. The molecule has 3 nitrogen and oxygen atoms in total. The van der Waals surface area contributed by atoms with Crippen molar-refractivity contribution in [2.24, 2.45) is 5.92 Å². The molecular weight excluding hydrogens is 323 g/mol. The quantitative estimate of drug-likeness (QED) is 0.850.